The van der Waals surface area contributed by atoms with Crippen molar-refractivity contribution < 1.29 is 0 Å². The van der Waals surface area contributed by atoms with Gasteiger partial charge in [-0.15, -0.1) is 22.9 Å². The summed E-state index contributed by atoms with van der Waals surface area (Å²) < 4.78 is 0. The predicted molar refractivity (Wildman–Crippen MR) is 53.8 cm³/mol. The summed E-state index contributed by atoms with van der Waals surface area (Å²) in [5.41, 5.74) is 0. The molecular weight excluding hydrogens is 186 g/mol. The van der Waals surface area contributed by atoms with E-state index in [1.165, 1.54) is 0 Å². The number of hydrogen-bond acceptors (Lipinski definition) is 6. The van der Waals surface area contributed by atoms with E-state index in [1.807, 2.05) is 6.92 Å². The Balaban J connectivity index is 2.70. The second-order valence-electron chi connectivity index (χ2n) is 2.96. The second-order valence-corrected chi connectivity index (χ2v) is 3.62. The molecule has 0 aromatic rings. The summed E-state index contributed by atoms with van der Waals surface area (Å²) >= 11 is 4.36. The van der Waals surface area contributed by atoms with E-state index < -0.39 is 4.99 Å². The minimum atomic E-state index is -0.786. The zero-order chi connectivity index (χ0) is 9.90. The zero-order valence-electron chi connectivity index (χ0n) is 8.17. The van der Waals surface area contributed by atoms with Gasteiger partial charge in [-0.2, -0.15) is 0 Å². The average Bonchev–Trinajstić information content (AvgIpc) is 2.55. The Hall–Kier alpha value is -0.490. The second kappa shape index (κ2) is 4.15. The predicted octanol–water partition coefficient (Wildman–Crippen LogP) is 2.13. The van der Waals surface area contributed by atoms with Crippen molar-refractivity contribution in [2.75, 3.05) is 13.1 Å². The van der Waals surface area contributed by atoms with E-state index in [-0.39, 0.29) is 6.04 Å². The van der Waals surface area contributed by atoms with Crippen molar-refractivity contribution in [3.05, 3.63) is 0 Å². The summed E-state index contributed by atoms with van der Waals surface area (Å²) in [5, 5.41) is 14.8. The van der Waals surface area contributed by atoms with Crippen molar-refractivity contribution in [3.8, 4) is 0 Å². The van der Waals surface area contributed by atoms with Gasteiger partial charge in [-0.25, -0.2) is 0 Å². The fourth-order valence-corrected chi connectivity index (χ4v) is 1.62. The van der Waals surface area contributed by atoms with Gasteiger partial charge in [0.15, 0.2) is 0 Å². The van der Waals surface area contributed by atoms with Crippen molar-refractivity contribution in [3.63, 3.8) is 0 Å². The highest BCUT2D eigenvalue weighted by Gasteiger charge is 2.38. The Kier molecular flexibility index (Phi) is 3.38. The number of thiol groups is 1. The summed E-state index contributed by atoms with van der Waals surface area (Å²) in [6, 6.07) is 0.112. The molecule has 74 valence electrons. The summed E-state index contributed by atoms with van der Waals surface area (Å²) in [7, 11) is 0. The summed E-state index contributed by atoms with van der Waals surface area (Å²) in [6.45, 7) is 8.13. The van der Waals surface area contributed by atoms with Crippen LogP contribution in [0.4, 0.5) is 0 Å². The van der Waals surface area contributed by atoms with Gasteiger partial charge in [-0.1, -0.05) is 13.8 Å². The highest BCUT2D eigenvalue weighted by atomic mass is 32.1. The van der Waals surface area contributed by atoms with Crippen LogP contribution in [0.1, 0.15) is 20.8 Å². The number of rotatable bonds is 4. The Morgan fingerprint density at radius 1 is 1.23 bits per heavy atom. The molecule has 1 aliphatic rings. The summed E-state index contributed by atoms with van der Waals surface area (Å²) in [6.07, 6.45) is 0. The van der Waals surface area contributed by atoms with Crippen molar-refractivity contribution in [1.29, 1.82) is 0 Å². The molecule has 0 fully saturated rings. The third-order valence-electron chi connectivity index (χ3n) is 2.34. The molecule has 0 N–H and O–H groups in total. The lowest BCUT2D eigenvalue weighted by atomic mass is 10.2. The summed E-state index contributed by atoms with van der Waals surface area (Å²) in [4.78, 5) is 1.43. The first-order valence-electron chi connectivity index (χ1n) is 4.44. The molecule has 0 saturated carbocycles. The molecule has 0 spiro atoms. The van der Waals surface area contributed by atoms with E-state index >= 15 is 0 Å². The molecule has 1 heterocycles. The molecule has 5 nitrogen and oxygen atoms in total. The standard InChI is InChI=1S/C7H15N5S/c1-4-12(5-2)6(3)7(13)8-10-11-9-7/h6,13H,4-5H2,1-3H3. The van der Waals surface area contributed by atoms with E-state index in [2.05, 4.69) is 52.1 Å². The van der Waals surface area contributed by atoms with E-state index in [9.17, 15) is 0 Å². The molecule has 1 rings (SSSR count). The molecule has 0 aliphatic carbocycles. The van der Waals surface area contributed by atoms with Crippen molar-refractivity contribution in [1.82, 2.24) is 4.90 Å². The largest absolute Gasteiger partial charge is 0.296 e. The Morgan fingerprint density at radius 2 is 1.69 bits per heavy atom. The lowest BCUT2D eigenvalue weighted by Gasteiger charge is -2.31. The van der Waals surface area contributed by atoms with Crippen LogP contribution in [0.25, 0.3) is 0 Å². The van der Waals surface area contributed by atoms with Crippen molar-refractivity contribution >= 4 is 12.6 Å². The van der Waals surface area contributed by atoms with Gasteiger partial charge in [-0.3, -0.25) is 4.90 Å². The van der Waals surface area contributed by atoms with E-state index in [0.29, 0.717) is 0 Å². The van der Waals surface area contributed by atoms with Crippen LogP contribution < -0.4 is 0 Å². The van der Waals surface area contributed by atoms with E-state index in [4.69, 9.17) is 0 Å². The zero-order valence-corrected chi connectivity index (χ0v) is 9.07. The lowest BCUT2D eigenvalue weighted by molar-refractivity contribution is 0.193. The van der Waals surface area contributed by atoms with Crippen LogP contribution in [0.2, 0.25) is 0 Å². The van der Waals surface area contributed by atoms with E-state index in [0.717, 1.165) is 13.1 Å². The first-order chi connectivity index (χ1) is 6.14. The van der Waals surface area contributed by atoms with Gasteiger partial charge >= 0.3 is 0 Å². The SMILES string of the molecule is CCN(CC)C(C)C1(S)N=NN=N1. The summed E-state index contributed by atoms with van der Waals surface area (Å²) in [5.74, 6) is 0. The Labute approximate surface area is 83.7 Å². The highest BCUT2D eigenvalue weighted by Crippen LogP contribution is 2.31. The van der Waals surface area contributed by atoms with Crippen molar-refractivity contribution in [2.45, 2.75) is 31.8 Å². The normalized spacial score (nSPS) is 21.3. The molecule has 0 amide bonds. The first-order valence-corrected chi connectivity index (χ1v) is 4.89. The third kappa shape index (κ3) is 2.05. The Bertz CT molecular complexity index is 211. The number of hydrogen-bond donors (Lipinski definition) is 1. The molecular formula is C7H15N5S. The van der Waals surface area contributed by atoms with Crippen LogP contribution >= 0.6 is 12.6 Å². The fraction of sp³-hybridized carbons (Fsp3) is 1.00. The highest BCUT2D eigenvalue weighted by molar-refractivity contribution is 7.81. The van der Waals surface area contributed by atoms with Gasteiger partial charge in [0.2, 0.25) is 0 Å². The third-order valence-corrected chi connectivity index (χ3v) is 2.90. The number of nitrogens with zero attached hydrogens (tertiary/aromatic N) is 5. The molecule has 0 aromatic carbocycles. The lowest BCUT2D eigenvalue weighted by Crippen LogP contribution is -2.44. The molecule has 0 bridgehead atoms. The van der Waals surface area contributed by atoms with Crippen LogP contribution in [0.3, 0.4) is 0 Å². The van der Waals surface area contributed by atoms with Gasteiger partial charge in [0, 0.05) is 0 Å². The van der Waals surface area contributed by atoms with Crippen molar-refractivity contribution in [2.24, 2.45) is 20.7 Å². The maximum atomic E-state index is 4.36. The topological polar surface area (TPSA) is 52.7 Å². The van der Waals surface area contributed by atoms with Gasteiger partial charge in [0.05, 0.1) is 6.04 Å². The van der Waals surface area contributed by atoms with E-state index in [1.54, 1.807) is 0 Å². The monoisotopic (exact) mass is 201 g/mol. The molecule has 0 saturated heterocycles. The minimum absolute atomic E-state index is 0.112. The minimum Gasteiger partial charge on any atom is -0.296 e. The molecule has 1 atom stereocenters. The Morgan fingerprint density at radius 3 is 2.08 bits per heavy atom. The molecule has 0 aromatic heterocycles. The maximum Gasteiger partial charge on any atom is 0.252 e. The molecule has 0 radical (unpaired) electrons. The molecule has 6 heteroatoms. The van der Waals surface area contributed by atoms with Crippen LogP contribution in [0, 0.1) is 0 Å². The van der Waals surface area contributed by atoms with Gasteiger partial charge in [0.1, 0.15) is 0 Å². The average molecular weight is 201 g/mol. The van der Waals surface area contributed by atoms with Gasteiger partial charge in [-0.05, 0) is 30.5 Å². The van der Waals surface area contributed by atoms with Crippen LogP contribution in [-0.2, 0) is 0 Å². The van der Waals surface area contributed by atoms with Gasteiger partial charge < -0.3 is 0 Å². The van der Waals surface area contributed by atoms with Crippen LogP contribution in [0.15, 0.2) is 20.7 Å². The molecule has 13 heavy (non-hydrogen) atoms. The number of likely N-dealkylation sites (N-methyl/N-ethyl adjacent to an activating group) is 1. The molecule has 1 unspecified atom stereocenters. The van der Waals surface area contributed by atoms with Crippen LogP contribution in [0.5, 0.6) is 0 Å². The smallest absolute Gasteiger partial charge is 0.252 e. The van der Waals surface area contributed by atoms with Gasteiger partial charge in [0.25, 0.3) is 4.99 Å². The maximum absolute atomic E-state index is 4.36. The quantitative estimate of drug-likeness (QED) is 0.696. The molecule has 1 aliphatic heterocycles. The first kappa shape index (κ1) is 10.6. The fourth-order valence-electron chi connectivity index (χ4n) is 1.38. The van der Waals surface area contributed by atoms with Crippen LogP contribution in [-0.4, -0.2) is 29.0 Å².